The summed E-state index contributed by atoms with van der Waals surface area (Å²) in [5, 5.41) is 2.76. The minimum absolute atomic E-state index is 0.0418. The van der Waals surface area contributed by atoms with Crippen LogP contribution in [0.2, 0.25) is 0 Å². The van der Waals surface area contributed by atoms with Crippen molar-refractivity contribution in [2.75, 3.05) is 37.8 Å². The molecule has 7 nitrogen and oxygen atoms in total. The van der Waals surface area contributed by atoms with Crippen molar-refractivity contribution >= 4 is 13.3 Å². The van der Waals surface area contributed by atoms with E-state index in [0.717, 1.165) is 0 Å². The summed E-state index contributed by atoms with van der Waals surface area (Å²) in [7, 11) is -3.15. The fraction of sp³-hybridized carbons (Fsp3) is 0.667. The molecule has 0 unspecified atom stereocenters. The van der Waals surface area contributed by atoms with Crippen LogP contribution in [0.25, 0.3) is 0 Å². The molecule has 0 saturated carbocycles. The van der Waals surface area contributed by atoms with E-state index in [4.69, 9.17) is 13.8 Å². The Morgan fingerprint density at radius 2 is 1.60 bits per heavy atom. The monoisotopic (exact) mass is 305 g/mol. The Morgan fingerprint density at radius 1 is 1.00 bits per heavy atom. The number of hydrogen-bond donors (Lipinski definition) is 1. The quantitative estimate of drug-likeness (QED) is 0.515. The van der Waals surface area contributed by atoms with Crippen LogP contribution in [0, 0.1) is 0 Å². The molecule has 0 aliphatic heterocycles. The average Bonchev–Trinajstić information content (AvgIpc) is 2.42. The molecule has 0 heterocycles. The summed E-state index contributed by atoms with van der Waals surface area (Å²) >= 11 is 0. The molecule has 0 bridgehead atoms. The number of hydrogen-bond acceptors (Lipinski definition) is 7. The molecular formula is C12H20NO6P. The molecule has 0 fully saturated rings. The zero-order chi connectivity index (χ0) is 15.2. The van der Waals surface area contributed by atoms with Gasteiger partial charge in [-0.15, -0.1) is 0 Å². The van der Waals surface area contributed by atoms with Crippen LogP contribution in [0.3, 0.4) is 0 Å². The maximum atomic E-state index is 12.2. The Morgan fingerprint density at radius 3 is 2.10 bits per heavy atom. The smallest absolute Gasteiger partial charge is 0.332 e. The highest BCUT2D eigenvalue weighted by atomic mass is 31.2. The molecule has 114 valence electrons. The summed E-state index contributed by atoms with van der Waals surface area (Å²) in [5.74, 6) is 0.0418. The van der Waals surface area contributed by atoms with E-state index < -0.39 is 18.5 Å². The summed E-state index contributed by atoms with van der Waals surface area (Å²) in [6.07, 6.45) is 0.110. The van der Waals surface area contributed by atoms with Gasteiger partial charge in [0.05, 0.1) is 26.0 Å². The van der Waals surface area contributed by atoms with Crippen LogP contribution in [0.4, 0.5) is 5.69 Å². The molecule has 0 aliphatic rings. The highest BCUT2D eigenvalue weighted by Crippen LogP contribution is 2.47. The van der Waals surface area contributed by atoms with Gasteiger partial charge in [0.25, 0.3) is 10.9 Å². The van der Waals surface area contributed by atoms with Gasteiger partial charge in [-0.2, -0.15) is 0 Å². The predicted molar refractivity (Wildman–Crippen MR) is 76.7 cm³/mol. The van der Waals surface area contributed by atoms with Crippen LogP contribution in [0.15, 0.2) is 9.59 Å². The van der Waals surface area contributed by atoms with E-state index in [0.29, 0.717) is 6.61 Å². The van der Waals surface area contributed by atoms with Crippen LogP contribution in [-0.2, 0) is 13.6 Å². The number of ether oxygens (including phenoxy) is 1. The molecule has 1 rings (SSSR count). The van der Waals surface area contributed by atoms with Crippen molar-refractivity contribution in [3.63, 3.8) is 0 Å². The second-order valence-corrected chi connectivity index (χ2v) is 6.08. The minimum Gasteiger partial charge on any atom is -0.488 e. The van der Waals surface area contributed by atoms with Gasteiger partial charge >= 0.3 is 7.60 Å². The molecule has 0 aliphatic carbocycles. The Labute approximate surface area is 117 Å². The van der Waals surface area contributed by atoms with E-state index in [1.807, 2.05) is 0 Å². The topological polar surface area (TPSA) is 90.9 Å². The Hall–Kier alpha value is -1.17. The van der Waals surface area contributed by atoms with Gasteiger partial charge in [0.2, 0.25) is 0 Å². The van der Waals surface area contributed by atoms with Crippen LogP contribution < -0.4 is 20.9 Å². The molecule has 0 aromatic heterocycles. The third-order valence-electron chi connectivity index (χ3n) is 2.49. The zero-order valence-corrected chi connectivity index (χ0v) is 12.8. The van der Waals surface area contributed by atoms with Gasteiger partial charge in [0.15, 0.2) is 5.75 Å². The molecule has 0 radical (unpaired) electrons. The lowest BCUT2D eigenvalue weighted by Crippen LogP contribution is -2.36. The Kier molecular flexibility index (Phi) is 6.39. The largest absolute Gasteiger partial charge is 0.488 e. The molecule has 0 atom stereocenters. The standard InChI is InChI=1S/C12H20NO6P/c1-4-17-12-9(10(14)11(12)15)13-7-8-20(16,18-5-2)19-6-3/h13H,4-8H2,1-3H3. The molecule has 8 heteroatoms. The minimum atomic E-state index is -3.15. The summed E-state index contributed by atoms with van der Waals surface area (Å²) in [6.45, 7) is 6.23. The lowest BCUT2D eigenvalue weighted by Gasteiger charge is -2.18. The third kappa shape index (κ3) is 3.91. The number of rotatable bonds is 10. The average molecular weight is 305 g/mol. The van der Waals surface area contributed by atoms with Gasteiger partial charge in [0, 0.05) is 6.54 Å². The molecule has 1 aromatic carbocycles. The fourth-order valence-corrected chi connectivity index (χ4v) is 3.20. The van der Waals surface area contributed by atoms with Crippen molar-refractivity contribution < 1.29 is 18.3 Å². The van der Waals surface area contributed by atoms with Crippen molar-refractivity contribution in [2.45, 2.75) is 20.8 Å². The van der Waals surface area contributed by atoms with Crippen LogP contribution in [0.1, 0.15) is 20.8 Å². The van der Waals surface area contributed by atoms with Gasteiger partial charge in [-0.1, -0.05) is 0 Å². The van der Waals surface area contributed by atoms with Crippen LogP contribution >= 0.6 is 7.60 Å². The first-order valence-electron chi connectivity index (χ1n) is 6.57. The maximum absolute atomic E-state index is 12.2. The van der Waals surface area contributed by atoms with E-state index in [2.05, 4.69) is 5.32 Å². The van der Waals surface area contributed by atoms with E-state index >= 15 is 0 Å². The van der Waals surface area contributed by atoms with Crippen LogP contribution in [-0.4, -0.2) is 32.5 Å². The lowest BCUT2D eigenvalue weighted by atomic mass is 10.2. The molecule has 1 N–H and O–H groups in total. The third-order valence-corrected chi connectivity index (χ3v) is 4.57. The SMILES string of the molecule is CCOc1c(NCCP(=O)(OCC)OCC)c(=O)c1=O. The second kappa shape index (κ2) is 7.57. The fourth-order valence-electron chi connectivity index (χ4n) is 1.69. The Balaban J connectivity index is 2.60. The van der Waals surface area contributed by atoms with Crippen molar-refractivity contribution in [1.82, 2.24) is 0 Å². The van der Waals surface area contributed by atoms with E-state index in [-0.39, 0.29) is 37.4 Å². The van der Waals surface area contributed by atoms with Gasteiger partial charge in [0.1, 0.15) is 5.69 Å². The highest BCUT2D eigenvalue weighted by molar-refractivity contribution is 7.53. The second-order valence-electron chi connectivity index (χ2n) is 3.89. The first-order valence-corrected chi connectivity index (χ1v) is 8.30. The van der Waals surface area contributed by atoms with Gasteiger partial charge < -0.3 is 19.1 Å². The van der Waals surface area contributed by atoms with Gasteiger partial charge in [-0.05, 0) is 20.8 Å². The van der Waals surface area contributed by atoms with Crippen molar-refractivity contribution in [3.8, 4) is 5.75 Å². The first-order chi connectivity index (χ1) is 9.49. The molecule has 0 saturated heterocycles. The normalized spacial score (nSPS) is 11.8. The van der Waals surface area contributed by atoms with Gasteiger partial charge in [-0.25, -0.2) is 0 Å². The van der Waals surface area contributed by atoms with E-state index in [1.165, 1.54) is 0 Å². The summed E-state index contributed by atoms with van der Waals surface area (Å²) in [5.41, 5.74) is -1.11. The molecular weight excluding hydrogens is 285 g/mol. The molecule has 1 aromatic rings. The first kappa shape index (κ1) is 16.9. The summed E-state index contributed by atoms with van der Waals surface area (Å²) in [6, 6.07) is 0. The molecule has 20 heavy (non-hydrogen) atoms. The molecule has 0 spiro atoms. The lowest BCUT2D eigenvalue weighted by molar-refractivity contribution is 0.221. The van der Waals surface area contributed by atoms with Gasteiger partial charge in [-0.3, -0.25) is 14.2 Å². The van der Waals surface area contributed by atoms with E-state index in [9.17, 15) is 14.2 Å². The summed E-state index contributed by atoms with van der Waals surface area (Å²) < 4.78 is 27.5. The summed E-state index contributed by atoms with van der Waals surface area (Å²) in [4.78, 5) is 22.6. The number of anilines is 1. The van der Waals surface area contributed by atoms with Crippen molar-refractivity contribution in [1.29, 1.82) is 0 Å². The highest BCUT2D eigenvalue weighted by Gasteiger charge is 2.25. The predicted octanol–water partition coefficient (Wildman–Crippen LogP) is 1.36. The maximum Gasteiger partial charge on any atom is 0.332 e. The Bertz CT molecular complexity index is 538. The van der Waals surface area contributed by atoms with Crippen LogP contribution in [0.5, 0.6) is 5.75 Å². The zero-order valence-electron chi connectivity index (χ0n) is 11.9. The van der Waals surface area contributed by atoms with Crippen molar-refractivity contribution in [3.05, 3.63) is 20.4 Å². The molecule has 0 amide bonds. The van der Waals surface area contributed by atoms with E-state index in [1.54, 1.807) is 20.8 Å². The number of nitrogens with one attached hydrogen (secondary N) is 1. The van der Waals surface area contributed by atoms with Crippen molar-refractivity contribution in [2.24, 2.45) is 0 Å².